The summed E-state index contributed by atoms with van der Waals surface area (Å²) < 4.78 is 1.73. The smallest absolute Gasteiger partial charge is 0.293 e. The first-order valence-electron chi connectivity index (χ1n) is 11.0. The lowest BCUT2D eigenvalue weighted by atomic mass is 10.3. The molecule has 2 amide bonds. The first kappa shape index (κ1) is 22.2. The van der Waals surface area contributed by atoms with Gasteiger partial charge in [0.05, 0.1) is 17.1 Å². The van der Waals surface area contributed by atoms with Crippen molar-refractivity contribution >= 4 is 23.2 Å². The van der Waals surface area contributed by atoms with Gasteiger partial charge in [0.15, 0.2) is 5.82 Å². The average molecular weight is 453 g/mol. The molecule has 32 heavy (non-hydrogen) atoms. The van der Waals surface area contributed by atoms with Crippen LogP contribution in [0.4, 0.5) is 0 Å². The van der Waals surface area contributed by atoms with Crippen LogP contribution in [0.15, 0.2) is 47.8 Å². The van der Waals surface area contributed by atoms with Gasteiger partial charge < -0.3 is 9.80 Å². The van der Waals surface area contributed by atoms with E-state index in [4.69, 9.17) is 0 Å². The molecule has 0 radical (unpaired) electrons. The van der Waals surface area contributed by atoms with E-state index in [2.05, 4.69) is 15.0 Å². The van der Waals surface area contributed by atoms with Gasteiger partial charge in [-0.2, -0.15) is 0 Å². The van der Waals surface area contributed by atoms with Crippen LogP contribution in [0.5, 0.6) is 0 Å². The van der Waals surface area contributed by atoms with Crippen molar-refractivity contribution in [1.29, 1.82) is 0 Å². The second-order valence-corrected chi connectivity index (χ2v) is 8.57. The Morgan fingerprint density at radius 2 is 1.72 bits per heavy atom. The summed E-state index contributed by atoms with van der Waals surface area (Å²) in [7, 11) is 0. The molecule has 2 aromatic heterocycles. The summed E-state index contributed by atoms with van der Waals surface area (Å²) in [5, 5.41) is 6.56. The number of carbonyl (C=O) groups is 2. The van der Waals surface area contributed by atoms with E-state index in [0.29, 0.717) is 38.5 Å². The van der Waals surface area contributed by atoms with Crippen LogP contribution in [0, 0.1) is 0 Å². The lowest BCUT2D eigenvalue weighted by molar-refractivity contribution is -0.132. The van der Waals surface area contributed by atoms with Gasteiger partial charge in [0, 0.05) is 39.3 Å². The number of amides is 2. The predicted octanol–water partition coefficient (Wildman–Crippen LogP) is 2.62. The molecule has 0 unspecified atom stereocenters. The molecule has 168 valence electrons. The van der Waals surface area contributed by atoms with Crippen molar-refractivity contribution in [2.24, 2.45) is 0 Å². The van der Waals surface area contributed by atoms with Gasteiger partial charge in [0.2, 0.25) is 11.7 Å². The van der Waals surface area contributed by atoms with E-state index in [1.807, 2.05) is 66.6 Å². The summed E-state index contributed by atoms with van der Waals surface area (Å²) >= 11 is 1.57. The number of likely N-dealkylation sites (N-methyl/N-ethyl adjacent to an activating group) is 1. The van der Waals surface area contributed by atoms with Crippen molar-refractivity contribution in [3.8, 4) is 16.4 Å². The Bertz CT molecular complexity index is 1040. The Kier molecular flexibility index (Phi) is 6.96. The Morgan fingerprint density at radius 3 is 2.34 bits per heavy atom. The molecular formula is C23H28N6O2S. The maximum absolute atomic E-state index is 13.2. The molecule has 3 heterocycles. The number of carbonyl (C=O) groups excluding carboxylic acids is 2. The predicted molar refractivity (Wildman–Crippen MR) is 125 cm³/mol. The third-order valence-corrected chi connectivity index (χ3v) is 6.54. The van der Waals surface area contributed by atoms with Gasteiger partial charge in [-0.3, -0.25) is 14.5 Å². The summed E-state index contributed by atoms with van der Waals surface area (Å²) in [6.07, 6.45) is 0. The Morgan fingerprint density at radius 1 is 1.00 bits per heavy atom. The van der Waals surface area contributed by atoms with Crippen LogP contribution < -0.4 is 0 Å². The van der Waals surface area contributed by atoms with E-state index in [9.17, 15) is 9.59 Å². The molecule has 3 aromatic rings. The van der Waals surface area contributed by atoms with Crippen molar-refractivity contribution in [3.63, 3.8) is 0 Å². The molecule has 0 aliphatic carbocycles. The van der Waals surface area contributed by atoms with E-state index < -0.39 is 0 Å². The van der Waals surface area contributed by atoms with Crippen molar-refractivity contribution < 1.29 is 9.59 Å². The van der Waals surface area contributed by atoms with E-state index in [1.165, 1.54) is 0 Å². The van der Waals surface area contributed by atoms with Crippen LogP contribution in [0.2, 0.25) is 0 Å². The number of benzene rings is 1. The minimum atomic E-state index is -0.174. The molecule has 8 nitrogen and oxygen atoms in total. The van der Waals surface area contributed by atoms with Crippen LogP contribution in [0.25, 0.3) is 16.4 Å². The monoisotopic (exact) mass is 452 g/mol. The number of thiophene rings is 1. The molecular weight excluding hydrogens is 424 g/mol. The Hall–Kier alpha value is -3.04. The lowest BCUT2D eigenvalue weighted by Gasteiger charge is -2.34. The highest BCUT2D eigenvalue weighted by Gasteiger charge is 2.28. The summed E-state index contributed by atoms with van der Waals surface area (Å²) in [5.74, 6) is 0.828. The minimum Gasteiger partial charge on any atom is -0.342 e. The maximum atomic E-state index is 13.2. The molecule has 1 fully saturated rings. The fourth-order valence-electron chi connectivity index (χ4n) is 3.84. The standard InChI is InChI=1S/C23H28N6O2S/c1-3-27(4-2)20(30)17-26-12-14-28(15-13-26)23(31)21-24-22(19-11-8-16-32-19)29(25-21)18-9-6-5-7-10-18/h5-11,16H,3-4,12-15,17H2,1-2H3. The Balaban J connectivity index is 1.47. The zero-order chi connectivity index (χ0) is 22.5. The van der Waals surface area contributed by atoms with Gasteiger partial charge in [-0.15, -0.1) is 16.4 Å². The number of aromatic nitrogens is 3. The number of rotatable bonds is 7. The topological polar surface area (TPSA) is 74.6 Å². The number of hydrogen-bond donors (Lipinski definition) is 0. The van der Waals surface area contributed by atoms with Crippen molar-refractivity contribution in [1.82, 2.24) is 29.5 Å². The van der Waals surface area contributed by atoms with Gasteiger partial charge in [0.1, 0.15) is 0 Å². The van der Waals surface area contributed by atoms with E-state index in [1.54, 1.807) is 20.9 Å². The molecule has 1 aromatic carbocycles. The first-order valence-corrected chi connectivity index (χ1v) is 11.8. The van der Waals surface area contributed by atoms with Crippen molar-refractivity contribution in [2.45, 2.75) is 13.8 Å². The molecule has 0 N–H and O–H groups in total. The average Bonchev–Trinajstić information content (AvgIpc) is 3.51. The van der Waals surface area contributed by atoms with Crippen LogP contribution in [-0.2, 0) is 4.79 Å². The molecule has 0 bridgehead atoms. The summed E-state index contributed by atoms with van der Waals surface area (Å²) in [6.45, 7) is 8.25. The highest BCUT2D eigenvalue weighted by Crippen LogP contribution is 2.26. The molecule has 4 rings (SSSR count). The summed E-state index contributed by atoms with van der Waals surface area (Å²) in [5.41, 5.74) is 0.863. The molecule has 9 heteroatoms. The minimum absolute atomic E-state index is 0.138. The van der Waals surface area contributed by atoms with Crippen molar-refractivity contribution in [3.05, 3.63) is 53.7 Å². The fourth-order valence-corrected chi connectivity index (χ4v) is 4.53. The zero-order valence-electron chi connectivity index (χ0n) is 18.5. The fraction of sp³-hybridized carbons (Fsp3) is 0.391. The number of para-hydroxylation sites is 1. The lowest BCUT2D eigenvalue weighted by Crippen LogP contribution is -2.51. The molecule has 0 spiro atoms. The largest absolute Gasteiger partial charge is 0.342 e. The zero-order valence-corrected chi connectivity index (χ0v) is 19.3. The first-order chi connectivity index (χ1) is 15.6. The molecule has 0 atom stereocenters. The molecule has 1 aliphatic heterocycles. The second-order valence-electron chi connectivity index (χ2n) is 7.62. The molecule has 1 aliphatic rings. The maximum Gasteiger partial charge on any atom is 0.293 e. The highest BCUT2D eigenvalue weighted by molar-refractivity contribution is 7.13. The second kappa shape index (κ2) is 10.1. The number of piperazine rings is 1. The highest BCUT2D eigenvalue weighted by atomic mass is 32.1. The van der Waals surface area contributed by atoms with E-state index >= 15 is 0 Å². The third kappa shape index (κ3) is 4.73. The van der Waals surface area contributed by atoms with Gasteiger partial charge in [0.25, 0.3) is 5.91 Å². The van der Waals surface area contributed by atoms with Gasteiger partial charge in [-0.1, -0.05) is 24.3 Å². The van der Waals surface area contributed by atoms with Crippen molar-refractivity contribution in [2.75, 3.05) is 45.8 Å². The molecule has 0 saturated carbocycles. The van der Waals surface area contributed by atoms with E-state index in [0.717, 1.165) is 23.7 Å². The molecule has 1 saturated heterocycles. The normalized spacial score (nSPS) is 14.5. The van der Waals surface area contributed by atoms with Crippen LogP contribution in [0.1, 0.15) is 24.5 Å². The summed E-state index contributed by atoms with van der Waals surface area (Å²) in [6, 6.07) is 13.7. The Labute approximate surface area is 192 Å². The van der Waals surface area contributed by atoms with Gasteiger partial charge >= 0.3 is 0 Å². The quantitative estimate of drug-likeness (QED) is 0.551. The van der Waals surface area contributed by atoms with Gasteiger partial charge in [-0.25, -0.2) is 9.67 Å². The van der Waals surface area contributed by atoms with Gasteiger partial charge in [-0.05, 0) is 37.4 Å². The van der Waals surface area contributed by atoms with Crippen LogP contribution >= 0.6 is 11.3 Å². The number of nitrogens with zero attached hydrogens (tertiary/aromatic N) is 6. The van der Waals surface area contributed by atoms with Crippen LogP contribution in [-0.4, -0.2) is 87.1 Å². The third-order valence-electron chi connectivity index (χ3n) is 5.68. The SMILES string of the molecule is CCN(CC)C(=O)CN1CCN(C(=O)c2nc(-c3cccs3)n(-c3ccccc3)n2)CC1. The summed E-state index contributed by atoms with van der Waals surface area (Å²) in [4.78, 5) is 36.9. The van der Waals surface area contributed by atoms with Crippen LogP contribution in [0.3, 0.4) is 0 Å². The number of hydrogen-bond acceptors (Lipinski definition) is 6. The van der Waals surface area contributed by atoms with E-state index in [-0.39, 0.29) is 17.6 Å².